The standard InChI is InChI=1S/C23H24N4O3.HI/c24-23(27-19-7-8-20-21(14-19)29-12-4-11-28-20)26-15-18-9-10-25-22(13-18)30-16-17-5-2-1-3-6-17;/h1-3,5-10,13-14H,4,11-12,15-16H2,(H3,24,26,27);1H. The molecule has 2 aromatic carbocycles. The molecule has 3 N–H and O–H groups in total. The Bertz CT molecular complexity index is 1010. The maximum absolute atomic E-state index is 6.05. The number of nitrogens with zero attached hydrogens (tertiary/aromatic N) is 2. The van der Waals surface area contributed by atoms with E-state index in [-0.39, 0.29) is 24.0 Å². The fourth-order valence-corrected chi connectivity index (χ4v) is 2.96. The van der Waals surface area contributed by atoms with Crippen LogP contribution in [0.5, 0.6) is 17.4 Å². The van der Waals surface area contributed by atoms with Crippen molar-refractivity contribution in [3.05, 3.63) is 78.0 Å². The Balaban J connectivity index is 0.00000272. The second-order valence-corrected chi connectivity index (χ2v) is 6.82. The lowest BCUT2D eigenvalue weighted by Crippen LogP contribution is -2.22. The summed E-state index contributed by atoms with van der Waals surface area (Å²) in [5, 5.41) is 3.09. The van der Waals surface area contributed by atoms with E-state index in [4.69, 9.17) is 19.9 Å². The molecule has 0 aliphatic carbocycles. The number of aromatic nitrogens is 1. The molecule has 1 aliphatic rings. The third-order valence-electron chi connectivity index (χ3n) is 4.48. The van der Waals surface area contributed by atoms with E-state index in [9.17, 15) is 0 Å². The Morgan fingerprint density at radius 1 is 1.00 bits per heavy atom. The van der Waals surface area contributed by atoms with Crippen LogP contribution >= 0.6 is 24.0 Å². The van der Waals surface area contributed by atoms with Gasteiger partial charge in [-0.1, -0.05) is 30.3 Å². The first-order valence-corrected chi connectivity index (χ1v) is 9.84. The number of anilines is 1. The van der Waals surface area contributed by atoms with Crippen LogP contribution in [-0.2, 0) is 13.2 Å². The van der Waals surface area contributed by atoms with Gasteiger partial charge in [-0.15, -0.1) is 24.0 Å². The number of hydrogen-bond donors (Lipinski definition) is 2. The van der Waals surface area contributed by atoms with Crippen molar-refractivity contribution < 1.29 is 14.2 Å². The first kappa shape index (κ1) is 22.7. The van der Waals surface area contributed by atoms with E-state index in [1.54, 1.807) is 6.20 Å². The number of rotatable bonds is 6. The number of nitrogens with one attached hydrogen (secondary N) is 1. The van der Waals surface area contributed by atoms with Gasteiger partial charge in [0.05, 0.1) is 19.8 Å². The van der Waals surface area contributed by atoms with Crippen LogP contribution in [0.2, 0.25) is 0 Å². The molecule has 162 valence electrons. The van der Waals surface area contributed by atoms with E-state index in [1.165, 1.54) is 0 Å². The molecule has 0 bridgehead atoms. The highest BCUT2D eigenvalue weighted by molar-refractivity contribution is 14.0. The molecule has 0 unspecified atom stereocenters. The van der Waals surface area contributed by atoms with Gasteiger partial charge in [-0.05, 0) is 29.3 Å². The smallest absolute Gasteiger partial charge is 0.213 e. The van der Waals surface area contributed by atoms with E-state index in [2.05, 4.69) is 15.3 Å². The van der Waals surface area contributed by atoms with Gasteiger partial charge in [0.2, 0.25) is 5.88 Å². The molecule has 0 spiro atoms. The summed E-state index contributed by atoms with van der Waals surface area (Å²) in [7, 11) is 0. The maximum atomic E-state index is 6.05. The minimum Gasteiger partial charge on any atom is -0.490 e. The molecule has 0 saturated carbocycles. The predicted molar refractivity (Wildman–Crippen MR) is 131 cm³/mol. The average Bonchev–Trinajstić information content (AvgIpc) is 3.02. The SMILES string of the molecule is I.NC(=NCc1ccnc(OCc2ccccc2)c1)Nc1ccc2c(c1)OCCCO2. The van der Waals surface area contributed by atoms with E-state index in [0.717, 1.165) is 29.0 Å². The van der Waals surface area contributed by atoms with Crippen LogP contribution in [0.4, 0.5) is 5.69 Å². The third kappa shape index (κ3) is 6.74. The molecule has 0 radical (unpaired) electrons. The van der Waals surface area contributed by atoms with E-state index in [1.807, 2.05) is 60.7 Å². The third-order valence-corrected chi connectivity index (χ3v) is 4.48. The van der Waals surface area contributed by atoms with Crippen LogP contribution in [-0.4, -0.2) is 24.2 Å². The average molecular weight is 532 g/mol. The van der Waals surface area contributed by atoms with Crippen molar-refractivity contribution in [3.63, 3.8) is 0 Å². The van der Waals surface area contributed by atoms with Crippen LogP contribution in [0.3, 0.4) is 0 Å². The van der Waals surface area contributed by atoms with Gasteiger partial charge < -0.3 is 25.3 Å². The zero-order chi connectivity index (χ0) is 20.6. The number of benzene rings is 2. The van der Waals surface area contributed by atoms with Crippen molar-refractivity contribution in [2.45, 2.75) is 19.6 Å². The summed E-state index contributed by atoms with van der Waals surface area (Å²) in [6, 6.07) is 19.4. The molecule has 0 amide bonds. The van der Waals surface area contributed by atoms with Crippen LogP contribution in [0, 0.1) is 0 Å². The number of fused-ring (bicyclic) bond motifs is 1. The van der Waals surface area contributed by atoms with Crippen molar-refractivity contribution in [2.24, 2.45) is 10.7 Å². The molecular weight excluding hydrogens is 507 g/mol. The van der Waals surface area contributed by atoms with E-state index < -0.39 is 0 Å². The summed E-state index contributed by atoms with van der Waals surface area (Å²) in [6.45, 7) is 2.17. The number of pyridine rings is 1. The monoisotopic (exact) mass is 532 g/mol. The van der Waals surface area contributed by atoms with Crippen LogP contribution in [0.15, 0.2) is 71.9 Å². The maximum Gasteiger partial charge on any atom is 0.213 e. The van der Waals surface area contributed by atoms with Crippen LogP contribution in [0.25, 0.3) is 0 Å². The van der Waals surface area contributed by atoms with Crippen molar-refractivity contribution in [2.75, 3.05) is 18.5 Å². The molecule has 7 nitrogen and oxygen atoms in total. The second kappa shape index (κ2) is 11.4. The number of guanidine groups is 1. The lowest BCUT2D eigenvalue weighted by molar-refractivity contribution is 0.293. The molecule has 0 fully saturated rings. The molecule has 2 heterocycles. The minimum atomic E-state index is 0. The second-order valence-electron chi connectivity index (χ2n) is 6.82. The molecular formula is C23H25IN4O3. The summed E-state index contributed by atoms with van der Waals surface area (Å²) in [4.78, 5) is 8.66. The van der Waals surface area contributed by atoms with Crippen molar-refractivity contribution in [1.82, 2.24) is 4.98 Å². The summed E-state index contributed by atoms with van der Waals surface area (Å²) in [5.41, 5.74) is 8.89. The van der Waals surface area contributed by atoms with Crippen molar-refractivity contribution >= 4 is 35.6 Å². The predicted octanol–water partition coefficient (Wildman–Crippen LogP) is 4.37. The topological polar surface area (TPSA) is 91.0 Å². The minimum absolute atomic E-state index is 0. The van der Waals surface area contributed by atoms with Crippen molar-refractivity contribution in [3.8, 4) is 17.4 Å². The summed E-state index contributed by atoms with van der Waals surface area (Å²) >= 11 is 0. The van der Waals surface area contributed by atoms with Gasteiger partial charge in [-0.3, -0.25) is 0 Å². The van der Waals surface area contributed by atoms with Gasteiger partial charge >= 0.3 is 0 Å². The first-order chi connectivity index (χ1) is 14.8. The summed E-state index contributed by atoms with van der Waals surface area (Å²) in [5.74, 6) is 2.32. The number of nitrogens with two attached hydrogens (primary N) is 1. The molecule has 1 aromatic heterocycles. The number of halogens is 1. The zero-order valence-electron chi connectivity index (χ0n) is 17.0. The highest BCUT2D eigenvalue weighted by atomic mass is 127. The Morgan fingerprint density at radius 3 is 2.65 bits per heavy atom. The van der Waals surface area contributed by atoms with Gasteiger partial charge in [0.25, 0.3) is 0 Å². The molecule has 3 aromatic rings. The van der Waals surface area contributed by atoms with Gasteiger partial charge in [0.15, 0.2) is 17.5 Å². The van der Waals surface area contributed by atoms with Crippen molar-refractivity contribution in [1.29, 1.82) is 0 Å². The van der Waals surface area contributed by atoms with Crippen LogP contribution < -0.4 is 25.3 Å². The number of aliphatic imine (C=N–C) groups is 1. The Labute approximate surface area is 198 Å². The molecule has 8 heteroatoms. The molecule has 4 rings (SSSR count). The molecule has 31 heavy (non-hydrogen) atoms. The molecule has 1 aliphatic heterocycles. The normalized spacial score (nSPS) is 13.0. The van der Waals surface area contributed by atoms with Gasteiger partial charge in [-0.25, -0.2) is 9.98 Å². The Morgan fingerprint density at radius 2 is 1.81 bits per heavy atom. The van der Waals surface area contributed by atoms with Gasteiger partial charge in [-0.2, -0.15) is 0 Å². The van der Waals surface area contributed by atoms with Crippen LogP contribution in [0.1, 0.15) is 17.5 Å². The Hall–Kier alpha value is -3.01. The quantitative estimate of drug-likeness (QED) is 0.279. The fraction of sp³-hybridized carbons (Fsp3) is 0.217. The molecule has 0 atom stereocenters. The lowest BCUT2D eigenvalue weighted by atomic mass is 10.2. The fourth-order valence-electron chi connectivity index (χ4n) is 2.96. The highest BCUT2D eigenvalue weighted by Gasteiger charge is 2.11. The summed E-state index contributed by atoms with van der Waals surface area (Å²) in [6.07, 6.45) is 2.57. The number of ether oxygens (including phenoxy) is 3. The highest BCUT2D eigenvalue weighted by Crippen LogP contribution is 2.32. The van der Waals surface area contributed by atoms with Gasteiger partial charge in [0, 0.05) is 30.4 Å². The largest absolute Gasteiger partial charge is 0.490 e. The summed E-state index contributed by atoms with van der Waals surface area (Å²) < 4.78 is 17.1. The van der Waals surface area contributed by atoms with E-state index >= 15 is 0 Å². The number of hydrogen-bond acceptors (Lipinski definition) is 5. The zero-order valence-corrected chi connectivity index (χ0v) is 19.3. The Kier molecular flexibility index (Phi) is 8.34. The first-order valence-electron chi connectivity index (χ1n) is 9.84. The lowest BCUT2D eigenvalue weighted by Gasteiger charge is -2.11. The van der Waals surface area contributed by atoms with Gasteiger partial charge in [0.1, 0.15) is 6.61 Å². The van der Waals surface area contributed by atoms with E-state index in [0.29, 0.717) is 44.0 Å². The molecule has 0 saturated heterocycles.